The van der Waals surface area contributed by atoms with Crippen LogP contribution in [0.4, 0.5) is 38.0 Å². The molecule has 46 heavy (non-hydrogen) atoms. The minimum atomic E-state index is -4.97. The van der Waals surface area contributed by atoms with Crippen molar-refractivity contribution in [1.82, 2.24) is 20.2 Å². The smallest absolute Gasteiger partial charge is 0.416 e. The Morgan fingerprint density at radius 2 is 1.57 bits per heavy atom. The number of aliphatic carboxylic acids is 1. The van der Waals surface area contributed by atoms with E-state index in [1.54, 1.807) is 11.9 Å². The molecule has 1 fully saturated rings. The predicted molar refractivity (Wildman–Crippen MR) is 157 cm³/mol. The van der Waals surface area contributed by atoms with E-state index in [0.29, 0.717) is 38.1 Å². The maximum absolute atomic E-state index is 13.8. The molecule has 0 saturated heterocycles. The minimum Gasteiger partial charge on any atom is -0.481 e. The van der Waals surface area contributed by atoms with Gasteiger partial charge in [-0.25, -0.2) is 0 Å². The molecule has 2 aliphatic carbocycles. The number of halogens is 6. The third-order valence-corrected chi connectivity index (χ3v) is 9.65. The largest absolute Gasteiger partial charge is 0.481 e. The second-order valence-corrected chi connectivity index (χ2v) is 12.8. The SMILES string of the molecule is Cn1nnc(N(Cc2cc(C(F)(F)F)cc(C(F)(F)F)c2)[C@H]2CCCN(C[C@H]3CC[C@H](C(=O)O)CC3)c3cc4c(cc32)CCC4)n1. The summed E-state index contributed by atoms with van der Waals surface area (Å²) >= 11 is 0. The highest BCUT2D eigenvalue weighted by atomic mass is 19.4. The number of carbonyl (C=O) groups is 1. The first-order valence-electron chi connectivity index (χ1n) is 15.7. The van der Waals surface area contributed by atoms with Gasteiger partial charge in [0.25, 0.3) is 5.95 Å². The van der Waals surface area contributed by atoms with Crippen molar-refractivity contribution in [2.75, 3.05) is 22.9 Å². The summed E-state index contributed by atoms with van der Waals surface area (Å²) < 4.78 is 82.7. The monoisotopic (exact) mass is 650 g/mol. The van der Waals surface area contributed by atoms with Crippen LogP contribution in [0.3, 0.4) is 0 Å². The predicted octanol–water partition coefficient (Wildman–Crippen LogP) is 6.98. The Hall–Kier alpha value is -3.84. The van der Waals surface area contributed by atoms with Crippen LogP contribution in [-0.2, 0) is 43.6 Å². The molecule has 2 aromatic carbocycles. The van der Waals surface area contributed by atoms with Crippen LogP contribution in [0.15, 0.2) is 30.3 Å². The number of anilines is 2. The van der Waals surface area contributed by atoms with Gasteiger partial charge in [-0.3, -0.25) is 4.79 Å². The maximum atomic E-state index is 13.8. The fourth-order valence-electron chi connectivity index (χ4n) is 7.36. The third kappa shape index (κ3) is 6.80. The average Bonchev–Trinajstić information content (AvgIpc) is 3.60. The maximum Gasteiger partial charge on any atom is 0.416 e. The van der Waals surface area contributed by atoms with Crippen molar-refractivity contribution in [2.24, 2.45) is 18.9 Å². The van der Waals surface area contributed by atoms with E-state index < -0.39 is 35.5 Å². The van der Waals surface area contributed by atoms with Crippen molar-refractivity contribution >= 4 is 17.6 Å². The summed E-state index contributed by atoms with van der Waals surface area (Å²) in [4.78, 5) is 16.8. The van der Waals surface area contributed by atoms with E-state index >= 15 is 0 Å². The zero-order valence-electron chi connectivity index (χ0n) is 25.4. The number of tetrazole rings is 1. The third-order valence-electron chi connectivity index (χ3n) is 9.65. The number of nitrogens with zero attached hydrogens (tertiary/aromatic N) is 6. The van der Waals surface area contributed by atoms with Crippen molar-refractivity contribution in [2.45, 2.75) is 82.7 Å². The first-order valence-corrected chi connectivity index (χ1v) is 15.7. The Balaban J connectivity index is 1.39. The number of alkyl halides is 6. The van der Waals surface area contributed by atoms with Gasteiger partial charge >= 0.3 is 18.3 Å². The molecule has 3 aromatic rings. The van der Waals surface area contributed by atoms with Gasteiger partial charge in [0.1, 0.15) is 0 Å². The van der Waals surface area contributed by atoms with Crippen LogP contribution in [0.1, 0.15) is 84.4 Å². The Labute approximate surface area is 262 Å². The zero-order chi connectivity index (χ0) is 32.8. The Bertz CT molecular complexity index is 1550. The molecule has 248 valence electrons. The summed E-state index contributed by atoms with van der Waals surface area (Å²) in [6, 6.07) is 5.57. The van der Waals surface area contributed by atoms with Crippen LogP contribution in [0.25, 0.3) is 0 Å². The second-order valence-electron chi connectivity index (χ2n) is 12.8. The van der Waals surface area contributed by atoms with Crippen molar-refractivity contribution in [3.63, 3.8) is 0 Å². The topological polar surface area (TPSA) is 87.4 Å². The van der Waals surface area contributed by atoms with Gasteiger partial charge in [-0.05, 0) is 115 Å². The van der Waals surface area contributed by atoms with Gasteiger partial charge in [0, 0.05) is 25.3 Å². The lowest BCUT2D eigenvalue weighted by Crippen LogP contribution is -2.34. The van der Waals surface area contributed by atoms with E-state index in [1.807, 2.05) is 0 Å². The molecular formula is C32H36F6N6O2. The van der Waals surface area contributed by atoms with Gasteiger partial charge in [-0.2, -0.15) is 31.1 Å². The molecule has 1 N–H and O–H groups in total. The van der Waals surface area contributed by atoms with Crippen molar-refractivity contribution < 1.29 is 36.2 Å². The summed E-state index contributed by atoms with van der Waals surface area (Å²) in [5, 5.41) is 21.9. The molecule has 0 spiro atoms. The van der Waals surface area contributed by atoms with Gasteiger partial charge in [0.15, 0.2) is 0 Å². The zero-order valence-corrected chi connectivity index (χ0v) is 25.4. The van der Waals surface area contributed by atoms with E-state index in [4.69, 9.17) is 0 Å². The van der Waals surface area contributed by atoms with Crippen molar-refractivity contribution in [1.29, 1.82) is 0 Å². The van der Waals surface area contributed by atoms with Gasteiger partial charge in [0.05, 0.1) is 30.1 Å². The van der Waals surface area contributed by atoms with Gasteiger partial charge in [-0.1, -0.05) is 11.2 Å². The number of carboxylic acid groups (broad SMARTS) is 1. The normalized spacial score (nSPS) is 21.9. The fraction of sp³-hybridized carbons (Fsp3) is 0.562. The summed E-state index contributed by atoms with van der Waals surface area (Å²) in [6.07, 6.45) is -2.94. The van der Waals surface area contributed by atoms with E-state index in [9.17, 15) is 36.2 Å². The highest BCUT2D eigenvalue weighted by Gasteiger charge is 2.38. The fourth-order valence-corrected chi connectivity index (χ4v) is 7.36. The first kappa shape index (κ1) is 32.1. The molecule has 0 amide bonds. The second kappa shape index (κ2) is 12.4. The molecule has 1 aliphatic heterocycles. The number of aryl methyl sites for hydroxylation is 3. The van der Waals surface area contributed by atoms with Crippen molar-refractivity contribution in [3.05, 3.63) is 63.7 Å². The van der Waals surface area contributed by atoms with Crippen LogP contribution in [0, 0.1) is 11.8 Å². The molecule has 0 unspecified atom stereocenters. The molecule has 0 radical (unpaired) electrons. The Morgan fingerprint density at radius 1 is 0.913 bits per heavy atom. The highest BCUT2D eigenvalue weighted by molar-refractivity contribution is 5.70. The lowest BCUT2D eigenvalue weighted by atomic mass is 9.81. The molecular weight excluding hydrogens is 614 g/mol. The Kier molecular flexibility index (Phi) is 8.66. The number of rotatable bonds is 7. The molecule has 2 heterocycles. The molecule has 6 rings (SSSR count). The highest BCUT2D eigenvalue weighted by Crippen LogP contribution is 2.44. The molecule has 0 bridgehead atoms. The Morgan fingerprint density at radius 3 is 2.15 bits per heavy atom. The standard InChI is InChI=1S/C32H36F6N6O2/c1-42-40-30(39-41-42)44(18-20-12-24(31(33,34)35)16-25(13-20)32(36,37)38)27-6-3-11-43(17-19-7-9-21(10-8-19)29(45)46)28-15-23-5-2-4-22(23)14-26(27)28/h12-16,19,21,27H,2-11,17-18H2,1H3,(H,45,46)/t19-,21-,27-/m0/s1. The number of aromatic nitrogens is 4. The van der Waals surface area contributed by atoms with Crippen LogP contribution >= 0.6 is 0 Å². The van der Waals surface area contributed by atoms with E-state index in [-0.39, 0.29) is 30.0 Å². The van der Waals surface area contributed by atoms with Gasteiger partial charge in [-0.15, -0.1) is 5.10 Å². The molecule has 14 heteroatoms. The van der Waals surface area contributed by atoms with E-state index in [1.165, 1.54) is 15.9 Å². The number of benzene rings is 2. The summed E-state index contributed by atoms with van der Waals surface area (Å²) in [6.45, 7) is 1.17. The first-order chi connectivity index (χ1) is 21.8. The summed E-state index contributed by atoms with van der Waals surface area (Å²) in [7, 11) is 1.55. The molecule has 8 nitrogen and oxygen atoms in total. The van der Waals surface area contributed by atoms with E-state index in [2.05, 4.69) is 32.4 Å². The van der Waals surface area contributed by atoms with E-state index in [0.717, 1.165) is 62.0 Å². The van der Waals surface area contributed by atoms with Crippen molar-refractivity contribution in [3.8, 4) is 0 Å². The van der Waals surface area contributed by atoms with Crippen LogP contribution in [0.2, 0.25) is 0 Å². The lowest BCUT2D eigenvalue weighted by molar-refractivity contribution is -0.144. The number of carboxylic acids is 1. The van der Waals surface area contributed by atoms with Crippen LogP contribution < -0.4 is 9.80 Å². The summed E-state index contributed by atoms with van der Waals surface area (Å²) in [5.41, 5.74) is 1.48. The number of fused-ring (bicyclic) bond motifs is 2. The van der Waals surface area contributed by atoms with Crippen LogP contribution in [0.5, 0.6) is 0 Å². The minimum absolute atomic E-state index is 0.116. The van der Waals surface area contributed by atoms with Gasteiger partial charge < -0.3 is 14.9 Å². The molecule has 1 saturated carbocycles. The average molecular weight is 651 g/mol. The lowest BCUT2D eigenvalue weighted by Gasteiger charge is -2.35. The number of hydrogen-bond donors (Lipinski definition) is 1. The molecule has 1 aromatic heterocycles. The number of hydrogen-bond acceptors (Lipinski definition) is 6. The molecule has 1 atom stereocenters. The quantitative estimate of drug-likeness (QED) is 0.276. The summed E-state index contributed by atoms with van der Waals surface area (Å²) in [5.74, 6) is -0.637. The van der Waals surface area contributed by atoms with Gasteiger partial charge in [0.2, 0.25) is 0 Å². The molecule has 3 aliphatic rings. The van der Waals surface area contributed by atoms with Crippen LogP contribution in [-0.4, -0.2) is 44.4 Å².